The van der Waals surface area contributed by atoms with E-state index in [-0.39, 0.29) is 15.9 Å². The van der Waals surface area contributed by atoms with E-state index in [1.807, 2.05) is 6.92 Å². The third kappa shape index (κ3) is 3.29. The summed E-state index contributed by atoms with van der Waals surface area (Å²) in [6.07, 6.45) is 3.00. The van der Waals surface area contributed by atoms with Crippen molar-refractivity contribution in [2.75, 3.05) is 11.8 Å². The van der Waals surface area contributed by atoms with E-state index in [1.54, 1.807) is 24.3 Å². The van der Waals surface area contributed by atoms with Gasteiger partial charge >= 0.3 is 5.97 Å². The van der Waals surface area contributed by atoms with E-state index in [9.17, 15) is 13.2 Å². The van der Waals surface area contributed by atoms with Gasteiger partial charge in [0.1, 0.15) is 4.88 Å². The number of aryl methyl sites for hydroxylation is 1. The average Bonchev–Trinajstić information content (AvgIpc) is 2.87. The van der Waals surface area contributed by atoms with Crippen molar-refractivity contribution >= 4 is 32.5 Å². The Kier molecular flexibility index (Phi) is 4.60. The molecule has 6 nitrogen and oxygen atoms in total. The number of esters is 1. The molecule has 0 bridgehead atoms. The molecule has 1 aromatic carbocycles. The van der Waals surface area contributed by atoms with Crippen LogP contribution < -0.4 is 4.72 Å². The molecule has 1 fully saturated rings. The van der Waals surface area contributed by atoms with E-state index in [2.05, 4.69) is 9.71 Å². The maximum Gasteiger partial charge on any atom is 0.350 e. The summed E-state index contributed by atoms with van der Waals surface area (Å²) in [5, 5.41) is 0.192. The van der Waals surface area contributed by atoms with Crippen molar-refractivity contribution in [2.45, 2.75) is 37.0 Å². The van der Waals surface area contributed by atoms with Crippen LogP contribution in [0, 0.1) is 6.92 Å². The molecule has 3 rings (SSSR count). The third-order valence-electron chi connectivity index (χ3n) is 4.07. The van der Waals surface area contributed by atoms with E-state index in [4.69, 9.17) is 4.74 Å². The van der Waals surface area contributed by atoms with Gasteiger partial charge in [-0.05, 0) is 31.9 Å². The minimum atomic E-state index is -3.73. The van der Waals surface area contributed by atoms with Gasteiger partial charge in [-0.3, -0.25) is 4.72 Å². The van der Waals surface area contributed by atoms with Crippen LogP contribution in [0.1, 0.15) is 46.1 Å². The molecule has 1 N–H and O–H groups in total. The molecule has 8 heteroatoms. The van der Waals surface area contributed by atoms with E-state index in [0.29, 0.717) is 10.6 Å². The van der Waals surface area contributed by atoms with Crippen LogP contribution in [0.15, 0.2) is 29.2 Å². The fraction of sp³-hybridized carbons (Fsp3) is 0.375. The highest BCUT2D eigenvalue weighted by molar-refractivity contribution is 7.93. The lowest BCUT2D eigenvalue weighted by Crippen LogP contribution is -2.14. The van der Waals surface area contributed by atoms with Crippen LogP contribution in [0.2, 0.25) is 0 Å². The molecule has 128 valence electrons. The highest BCUT2D eigenvalue weighted by atomic mass is 32.2. The molecule has 1 aliphatic carbocycles. The Labute approximate surface area is 144 Å². The number of carbonyl (C=O) groups is 1. The monoisotopic (exact) mass is 366 g/mol. The van der Waals surface area contributed by atoms with Crippen LogP contribution >= 0.6 is 11.3 Å². The molecule has 1 heterocycles. The lowest BCUT2D eigenvalue weighted by atomic mass is 9.82. The van der Waals surface area contributed by atoms with Crippen molar-refractivity contribution < 1.29 is 17.9 Å². The summed E-state index contributed by atoms with van der Waals surface area (Å²) < 4.78 is 32.2. The molecule has 0 radical (unpaired) electrons. The Hall–Kier alpha value is -1.93. The summed E-state index contributed by atoms with van der Waals surface area (Å²) in [5.74, 6) is -0.275. The number of nitrogens with zero attached hydrogens (tertiary/aromatic N) is 1. The Morgan fingerprint density at radius 1 is 1.29 bits per heavy atom. The predicted molar refractivity (Wildman–Crippen MR) is 92.0 cm³/mol. The van der Waals surface area contributed by atoms with Gasteiger partial charge in [0.2, 0.25) is 0 Å². The first kappa shape index (κ1) is 16.9. The van der Waals surface area contributed by atoms with Crippen LogP contribution in [-0.2, 0) is 14.8 Å². The predicted octanol–water partition coefficient (Wildman–Crippen LogP) is 3.31. The zero-order valence-corrected chi connectivity index (χ0v) is 15.0. The number of sulfonamides is 1. The number of nitrogens with one attached hydrogen (secondary N) is 1. The van der Waals surface area contributed by atoms with Gasteiger partial charge < -0.3 is 4.74 Å². The normalized spacial score (nSPS) is 14.9. The summed E-state index contributed by atoms with van der Waals surface area (Å²) >= 11 is 1.02. The minimum absolute atomic E-state index is 0.160. The molecule has 0 atom stereocenters. The Bertz CT molecular complexity index is 853. The number of hydrogen-bond donors (Lipinski definition) is 1. The molecule has 1 aromatic heterocycles. The van der Waals surface area contributed by atoms with Gasteiger partial charge in [-0.15, -0.1) is 0 Å². The van der Waals surface area contributed by atoms with Crippen molar-refractivity contribution in [2.24, 2.45) is 0 Å². The number of rotatable bonds is 5. The molecule has 0 spiro atoms. The average molecular weight is 366 g/mol. The number of benzene rings is 1. The third-order valence-corrected chi connectivity index (χ3v) is 6.52. The molecular weight excluding hydrogens is 348 g/mol. The van der Waals surface area contributed by atoms with E-state index < -0.39 is 16.0 Å². The van der Waals surface area contributed by atoms with Crippen LogP contribution in [0.25, 0.3) is 0 Å². The summed E-state index contributed by atoms with van der Waals surface area (Å²) in [6.45, 7) is 1.89. The standard InChI is InChI=1S/C16H18N2O4S2/c1-10-6-8-12(9-7-10)24(20,21)18-16-17-13(11-4-3-5-11)14(23-16)15(19)22-2/h6-9,11H,3-5H2,1-2H3,(H,17,18). The van der Waals surface area contributed by atoms with Gasteiger partial charge in [-0.25, -0.2) is 18.2 Å². The molecule has 0 aliphatic heterocycles. The quantitative estimate of drug-likeness (QED) is 0.821. The Balaban J connectivity index is 1.90. The van der Waals surface area contributed by atoms with Crippen LogP contribution in [0.3, 0.4) is 0 Å². The van der Waals surface area contributed by atoms with E-state index >= 15 is 0 Å². The minimum Gasteiger partial charge on any atom is -0.465 e. The maximum atomic E-state index is 12.5. The lowest BCUT2D eigenvalue weighted by Gasteiger charge is -2.24. The second-order valence-corrected chi connectivity index (χ2v) is 8.45. The van der Waals surface area contributed by atoms with Gasteiger partial charge in [-0.1, -0.05) is 35.5 Å². The van der Waals surface area contributed by atoms with Crippen molar-refractivity contribution in [1.29, 1.82) is 0 Å². The molecule has 1 saturated carbocycles. The molecule has 1 aliphatic rings. The Morgan fingerprint density at radius 3 is 2.50 bits per heavy atom. The van der Waals surface area contributed by atoms with Gasteiger partial charge in [0.15, 0.2) is 5.13 Å². The summed E-state index contributed by atoms with van der Waals surface area (Å²) in [6, 6.07) is 6.55. The number of hydrogen-bond acceptors (Lipinski definition) is 6. The molecule has 2 aromatic rings. The first-order chi connectivity index (χ1) is 11.4. The van der Waals surface area contributed by atoms with Crippen molar-refractivity contribution in [3.05, 3.63) is 40.4 Å². The number of ether oxygens (including phenoxy) is 1. The first-order valence-electron chi connectivity index (χ1n) is 7.59. The van der Waals surface area contributed by atoms with Crippen molar-refractivity contribution in [1.82, 2.24) is 4.98 Å². The fourth-order valence-electron chi connectivity index (χ4n) is 2.46. The second kappa shape index (κ2) is 6.52. The molecule has 24 heavy (non-hydrogen) atoms. The first-order valence-corrected chi connectivity index (χ1v) is 9.89. The SMILES string of the molecule is COC(=O)c1sc(NS(=O)(=O)c2ccc(C)cc2)nc1C1CCC1. The van der Waals surface area contributed by atoms with Crippen molar-refractivity contribution in [3.63, 3.8) is 0 Å². The number of methoxy groups -OCH3 is 1. The number of carbonyl (C=O) groups excluding carboxylic acids is 1. The van der Waals surface area contributed by atoms with Crippen LogP contribution in [0.5, 0.6) is 0 Å². The summed E-state index contributed by atoms with van der Waals surface area (Å²) in [4.78, 5) is 16.8. The van der Waals surface area contributed by atoms with Gasteiger partial charge in [0, 0.05) is 5.92 Å². The molecule has 0 amide bonds. The maximum absolute atomic E-state index is 12.5. The number of anilines is 1. The van der Waals surface area contributed by atoms with Gasteiger partial charge in [0.05, 0.1) is 17.7 Å². The number of aromatic nitrogens is 1. The van der Waals surface area contributed by atoms with Gasteiger partial charge in [-0.2, -0.15) is 0 Å². The number of thiazole rings is 1. The summed E-state index contributed by atoms with van der Waals surface area (Å²) in [5.41, 5.74) is 1.61. The summed E-state index contributed by atoms with van der Waals surface area (Å²) in [7, 11) is -2.43. The molecular formula is C16H18N2O4S2. The topological polar surface area (TPSA) is 85.4 Å². The molecule has 0 saturated heterocycles. The highest BCUT2D eigenvalue weighted by Crippen LogP contribution is 2.40. The molecule has 0 unspecified atom stereocenters. The Morgan fingerprint density at radius 2 is 1.96 bits per heavy atom. The zero-order valence-electron chi connectivity index (χ0n) is 13.4. The van der Waals surface area contributed by atoms with Crippen LogP contribution in [0.4, 0.5) is 5.13 Å². The zero-order chi connectivity index (χ0) is 17.3. The fourth-order valence-corrected chi connectivity index (χ4v) is 4.67. The van der Waals surface area contributed by atoms with Gasteiger partial charge in [0.25, 0.3) is 10.0 Å². The second-order valence-electron chi connectivity index (χ2n) is 5.77. The largest absolute Gasteiger partial charge is 0.465 e. The van der Waals surface area contributed by atoms with E-state index in [1.165, 1.54) is 7.11 Å². The smallest absolute Gasteiger partial charge is 0.350 e. The van der Waals surface area contributed by atoms with E-state index in [0.717, 1.165) is 36.2 Å². The van der Waals surface area contributed by atoms with Crippen molar-refractivity contribution in [3.8, 4) is 0 Å². The lowest BCUT2D eigenvalue weighted by molar-refractivity contribution is 0.0603. The highest BCUT2D eigenvalue weighted by Gasteiger charge is 2.30. The van der Waals surface area contributed by atoms with Crippen LogP contribution in [-0.4, -0.2) is 26.5 Å².